The average Bonchev–Trinajstić information content (AvgIpc) is 2.89. The summed E-state index contributed by atoms with van der Waals surface area (Å²) in [6.07, 6.45) is 0. The molecule has 1 N–H and O–H groups in total. The summed E-state index contributed by atoms with van der Waals surface area (Å²) < 4.78 is 28.4. The number of nitrogens with zero attached hydrogens (tertiary/aromatic N) is 2. The zero-order valence-electron chi connectivity index (χ0n) is 21.2. The largest absolute Gasteiger partial charge is 0.354 e. The van der Waals surface area contributed by atoms with Crippen LogP contribution in [0.3, 0.4) is 0 Å². The number of hydrogen-bond donors (Lipinski definition) is 1. The second kappa shape index (κ2) is 12.7. The summed E-state index contributed by atoms with van der Waals surface area (Å²) in [5.74, 6) is -0.560. The minimum Gasteiger partial charge on any atom is -0.354 e. The number of anilines is 1. The van der Waals surface area contributed by atoms with Gasteiger partial charge in [-0.3, -0.25) is 13.9 Å². The van der Waals surface area contributed by atoms with E-state index in [1.165, 1.54) is 29.2 Å². The Morgan fingerprint density at radius 1 is 0.865 bits per heavy atom. The van der Waals surface area contributed by atoms with E-state index >= 15 is 0 Å². The SMILES string of the molecule is CC(C)CNC(=O)[C@H](C)N(Cc1ccccc1)C(=O)CN(c1ccccc1)S(=O)(=O)c1ccc(Cl)cc1. The summed E-state index contributed by atoms with van der Waals surface area (Å²) in [7, 11) is -4.11. The molecule has 9 heteroatoms. The molecule has 1 atom stereocenters. The van der Waals surface area contributed by atoms with E-state index in [0.717, 1.165) is 9.87 Å². The first-order valence-electron chi connectivity index (χ1n) is 12.0. The van der Waals surface area contributed by atoms with Crippen LogP contribution in [0.15, 0.2) is 89.8 Å². The van der Waals surface area contributed by atoms with Gasteiger partial charge in [-0.1, -0.05) is 74.0 Å². The molecule has 0 fully saturated rings. The van der Waals surface area contributed by atoms with Gasteiger partial charge in [0.1, 0.15) is 12.6 Å². The third-order valence-electron chi connectivity index (χ3n) is 5.77. The maximum atomic E-state index is 13.8. The van der Waals surface area contributed by atoms with Gasteiger partial charge in [0.2, 0.25) is 11.8 Å². The fourth-order valence-electron chi connectivity index (χ4n) is 3.67. The number of hydrogen-bond acceptors (Lipinski definition) is 4. The molecule has 0 saturated carbocycles. The number of halogens is 1. The first kappa shape index (κ1) is 28.2. The van der Waals surface area contributed by atoms with Crippen molar-refractivity contribution in [3.8, 4) is 0 Å². The van der Waals surface area contributed by atoms with Crippen molar-refractivity contribution in [3.63, 3.8) is 0 Å². The van der Waals surface area contributed by atoms with E-state index < -0.39 is 28.5 Å². The molecular weight excluding hydrogens is 510 g/mol. The third-order valence-corrected chi connectivity index (χ3v) is 7.81. The fraction of sp³-hybridized carbons (Fsp3) is 0.286. The molecule has 3 aromatic carbocycles. The Hall–Kier alpha value is -3.36. The van der Waals surface area contributed by atoms with Crippen molar-refractivity contribution in [1.82, 2.24) is 10.2 Å². The van der Waals surface area contributed by atoms with Gasteiger partial charge < -0.3 is 10.2 Å². The molecule has 0 saturated heterocycles. The second-order valence-corrected chi connectivity index (χ2v) is 11.4. The lowest BCUT2D eigenvalue weighted by atomic mass is 10.1. The Kier molecular flexibility index (Phi) is 9.72. The van der Waals surface area contributed by atoms with Crippen LogP contribution in [0.4, 0.5) is 5.69 Å². The van der Waals surface area contributed by atoms with E-state index in [4.69, 9.17) is 11.6 Å². The van der Waals surface area contributed by atoms with Gasteiger partial charge in [-0.2, -0.15) is 0 Å². The molecule has 0 aromatic heterocycles. The first-order chi connectivity index (χ1) is 17.6. The van der Waals surface area contributed by atoms with Crippen molar-refractivity contribution in [2.45, 2.75) is 38.3 Å². The molecule has 0 aliphatic rings. The molecule has 0 aliphatic heterocycles. The smallest absolute Gasteiger partial charge is 0.264 e. The summed E-state index contributed by atoms with van der Waals surface area (Å²) in [6.45, 7) is 5.76. The molecule has 3 rings (SSSR count). The highest BCUT2D eigenvalue weighted by Gasteiger charge is 2.32. The zero-order valence-corrected chi connectivity index (χ0v) is 22.7. The van der Waals surface area contributed by atoms with Crippen LogP contribution in [0.25, 0.3) is 0 Å². The van der Waals surface area contributed by atoms with E-state index in [2.05, 4.69) is 5.32 Å². The molecular formula is C28H32ClN3O4S. The van der Waals surface area contributed by atoms with Gasteiger partial charge in [0.25, 0.3) is 10.0 Å². The standard InChI is InChI=1S/C28H32ClN3O4S/c1-21(2)18-30-28(34)22(3)31(19-23-10-6-4-7-11-23)27(33)20-32(25-12-8-5-9-13-25)37(35,36)26-16-14-24(29)15-17-26/h4-17,21-22H,18-20H2,1-3H3,(H,30,34)/t22-/m0/s1. The minimum absolute atomic E-state index is 0.00545. The van der Waals surface area contributed by atoms with Crippen LogP contribution in [0.1, 0.15) is 26.3 Å². The summed E-state index contributed by atoms with van der Waals surface area (Å²) in [4.78, 5) is 28.1. The number of benzene rings is 3. The number of carbonyl (C=O) groups is 2. The summed E-state index contributed by atoms with van der Waals surface area (Å²) in [5.41, 5.74) is 1.16. The number of para-hydroxylation sites is 1. The van der Waals surface area contributed by atoms with Crippen LogP contribution in [0, 0.1) is 5.92 Å². The van der Waals surface area contributed by atoms with E-state index in [0.29, 0.717) is 17.3 Å². The van der Waals surface area contributed by atoms with Crippen molar-refractivity contribution >= 4 is 39.1 Å². The average molecular weight is 542 g/mol. The molecule has 37 heavy (non-hydrogen) atoms. The van der Waals surface area contributed by atoms with Gasteiger partial charge in [-0.25, -0.2) is 8.42 Å². The fourth-order valence-corrected chi connectivity index (χ4v) is 5.21. The molecule has 0 heterocycles. The van der Waals surface area contributed by atoms with Crippen LogP contribution in [-0.4, -0.2) is 44.3 Å². The minimum atomic E-state index is -4.11. The Labute approximate surface area is 224 Å². The molecule has 0 unspecified atom stereocenters. The van der Waals surface area contributed by atoms with Crippen LogP contribution in [0.2, 0.25) is 5.02 Å². The lowest BCUT2D eigenvalue weighted by Crippen LogP contribution is -2.51. The van der Waals surface area contributed by atoms with Gasteiger partial charge in [0, 0.05) is 18.1 Å². The van der Waals surface area contributed by atoms with Gasteiger partial charge in [0.05, 0.1) is 10.6 Å². The summed E-state index contributed by atoms with van der Waals surface area (Å²) >= 11 is 5.96. The predicted octanol–water partition coefficient (Wildman–Crippen LogP) is 4.72. The van der Waals surface area contributed by atoms with E-state index in [1.807, 2.05) is 44.2 Å². The van der Waals surface area contributed by atoms with Crippen LogP contribution >= 0.6 is 11.6 Å². The first-order valence-corrected chi connectivity index (χ1v) is 13.9. The Balaban J connectivity index is 1.97. The predicted molar refractivity (Wildman–Crippen MR) is 147 cm³/mol. The van der Waals surface area contributed by atoms with Gasteiger partial charge in [0.15, 0.2) is 0 Å². The highest BCUT2D eigenvalue weighted by Crippen LogP contribution is 2.25. The van der Waals surface area contributed by atoms with Crippen LogP contribution in [0.5, 0.6) is 0 Å². The van der Waals surface area contributed by atoms with Gasteiger partial charge >= 0.3 is 0 Å². The van der Waals surface area contributed by atoms with Crippen molar-refractivity contribution < 1.29 is 18.0 Å². The summed E-state index contributed by atoms with van der Waals surface area (Å²) in [6, 6.07) is 22.7. The Bertz CT molecular complexity index is 1280. The van der Waals surface area contributed by atoms with Gasteiger partial charge in [-0.05, 0) is 54.8 Å². The molecule has 0 aliphatic carbocycles. The van der Waals surface area contributed by atoms with Gasteiger partial charge in [-0.15, -0.1) is 0 Å². The van der Waals surface area contributed by atoms with Crippen LogP contribution in [-0.2, 0) is 26.2 Å². The molecule has 196 valence electrons. The number of amides is 2. The second-order valence-electron chi connectivity index (χ2n) is 9.12. The number of carbonyl (C=O) groups excluding carboxylic acids is 2. The van der Waals surface area contributed by atoms with Crippen molar-refractivity contribution in [3.05, 3.63) is 95.5 Å². The maximum absolute atomic E-state index is 13.8. The molecule has 0 bridgehead atoms. The molecule has 0 radical (unpaired) electrons. The van der Waals surface area contributed by atoms with E-state index in [-0.39, 0.29) is 23.3 Å². The quantitative estimate of drug-likeness (QED) is 0.380. The van der Waals surface area contributed by atoms with Crippen LogP contribution < -0.4 is 9.62 Å². The Morgan fingerprint density at radius 2 is 1.43 bits per heavy atom. The molecule has 2 amide bonds. The lowest BCUT2D eigenvalue weighted by Gasteiger charge is -2.32. The molecule has 3 aromatic rings. The number of sulfonamides is 1. The van der Waals surface area contributed by atoms with Crippen molar-refractivity contribution in [2.24, 2.45) is 5.92 Å². The third kappa shape index (κ3) is 7.57. The van der Waals surface area contributed by atoms with Crippen molar-refractivity contribution in [2.75, 3.05) is 17.4 Å². The topological polar surface area (TPSA) is 86.8 Å². The molecule has 0 spiro atoms. The van der Waals surface area contributed by atoms with E-state index in [9.17, 15) is 18.0 Å². The molecule has 7 nitrogen and oxygen atoms in total. The monoisotopic (exact) mass is 541 g/mol. The normalized spacial score (nSPS) is 12.1. The number of nitrogens with one attached hydrogen (secondary N) is 1. The highest BCUT2D eigenvalue weighted by atomic mass is 35.5. The lowest BCUT2D eigenvalue weighted by molar-refractivity contribution is -0.139. The summed E-state index contributed by atoms with van der Waals surface area (Å²) in [5, 5.41) is 3.27. The van der Waals surface area contributed by atoms with Crippen molar-refractivity contribution in [1.29, 1.82) is 0 Å². The van der Waals surface area contributed by atoms with E-state index in [1.54, 1.807) is 37.3 Å². The highest BCUT2D eigenvalue weighted by molar-refractivity contribution is 7.92. The zero-order chi connectivity index (χ0) is 27.0. The Morgan fingerprint density at radius 3 is 2.00 bits per heavy atom. The maximum Gasteiger partial charge on any atom is 0.264 e. The number of rotatable bonds is 11.